The van der Waals surface area contributed by atoms with Gasteiger partial charge in [0.25, 0.3) is 0 Å². The van der Waals surface area contributed by atoms with Crippen LogP contribution in [-0.2, 0) is 17.4 Å². The molecule has 0 spiro atoms. The van der Waals surface area contributed by atoms with Gasteiger partial charge in [0.15, 0.2) is 0 Å². The van der Waals surface area contributed by atoms with Crippen molar-refractivity contribution in [2.45, 2.75) is 111 Å². The molecule has 4 rings (SSSR count). The summed E-state index contributed by atoms with van der Waals surface area (Å²) in [7, 11) is 5.82. The zero-order chi connectivity index (χ0) is 36.9. The summed E-state index contributed by atoms with van der Waals surface area (Å²) in [4.78, 5) is 20.3. The molecule has 0 radical (unpaired) electrons. The van der Waals surface area contributed by atoms with Crippen molar-refractivity contribution < 1.29 is 17.4 Å². The van der Waals surface area contributed by atoms with Gasteiger partial charge in [0, 0.05) is 0 Å². The SMILES string of the molecule is CC(C)(C)P(C[CH](P(c1ccccn1)C(C)(C)C)[Au]([Cl])[CH](CP(c1ccccn1)C(C)(C)C)P(c1ccccn1)C(C)(C)C)c1ccccn1. The Bertz CT molecular complexity index is 1470. The molecule has 0 aliphatic rings. The van der Waals surface area contributed by atoms with Crippen LogP contribution in [0.2, 0.25) is 0 Å². The standard InChI is InChI=1S/2C20H29N2P2.Au.ClH/c2*1-19(2,3)23(17-11-7-9-13-21-17)15-16-24(20(4,5)6)18-12-8-10-14-22-18;;/h2*7-15H,16H2,1-6H3;;1H/q;;+1;/p-1. The molecule has 50 heavy (non-hydrogen) atoms. The monoisotopic (exact) mass is 950 g/mol. The van der Waals surface area contributed by atoms with Crippen LogP contribution < -0.4 is 21.7 Å². The first kappa shape index (κ1) is 42.1. The second-order valence-corrected chi connectivity index (χ2v) is 37.5. The minimum atomic E-state index is -2.30. The van der Waals surface area contributed by atoms with Crippen LogP contribution in [0.5, 0.6) is 0 Å². The van der Waals surface area contributed by atoms with Crippen molar-refractivity contribution in [1.29, 1.82) is 0 Å². The van der Waals surface area contributed by atoms with Gasteiger partial charge in [-0.15, -0.1) is 0 Å². The Balaban J connectivity index is 2.02. The Morgan fingerprint density at radius 2 is 0.740 bits per heavy atom. The topological polar surface area (TPSA) is 51.6 Å². The second kappa shape index (κ2) is 17.7. The zero-order valence-corrected chi connectivity index (χ0v) is 38.6. The summed E-state index contributed by atoms with van der Waals surface area (Å²) in [6, 6.07) is 25.9. The van der Waals surface area contributed by atoms with Crippen LogP contribution in [0.15, 0.2) is 97.6 Å². The van der Waals surface area contributed by atoms with Gasteiger partial charge in [-0.05, 0) is 0 Å². The summed E-state index contributed by atoms with van der Waals surface area (Å²) in [5.41, 5.74) is 4.92. The molecule has 0 fully saturated rings. The predicted octanol–water partition coefficient (Wildman–Crippen LogP) is 10.4. The average molecular weight is 951 g/mol. The molecular weight excluding hydrogens is 893 g/mol. The third kappa shape index (κ3) is 11.2. The van der Waals surface area contributed by atoms with Crippen LogP contribution in [0.3, 0.4) is 0 Å². The van der Waals surface area contributed by atoms with Crippen molar-refractivity contribution in [3.8, 4) is 0 Å². The number of aromatic nitrogens is 4. The van der Waals surface area contributed by atoms with E-state index >= 15 is 0 Å². The molecule has 4 heterocycles. The van der Waals surface area contributed by atoms with Crippen LogP contribution in [0.1, 0.15) is 83.1 Å². The van der Waals surface area contributed by atoms with Gasteiger partial charge < -0.3 is 0 Å². The van der Waals surface area contributed by atoms with Crippen LogP contribution >= 0.6 is 40.9 Å². The molecule has 0 saturated heterocycles. The van der Waals surface area contributed by atoms with E-state index in [1.165, 1.54) is 21.7 Å². The predicted molar refractivity (Wildman–Crippen MR) is 225 cm³/mol. The van der Waals surface area contributed by atoms with E-state index in [4.69, 9.17) is 29.1 Å². The molecule has 6 unspecified atom stereocenters. The Hall–Kier alpha value is -0.650. The molecule has 0 aromatic carbocycles. The fourth-order valence-corrected chi connectivity index (χ4v) is 40.3. The van der Waals surface area contributed by atoms with E-state index in [2.05, 4.69) is 132 Å². The third-order valence-electron chi connectivity index (χ3n) is 8.25. The quantitative estimate of drug-likeness (QED) is 0.105. The first-order valence-electron chi connectivity index (χ1n) is 17.3. The molecular formula is C40H58AuClN4P4. The Morgan fingerprint density at radius 3 is 0.960 bits per heavy atom. The van der Waals surface area contributed by atoms with Crippen LogP contribution in [0, 0.1) is 0 Å². The molecule has 6 atom stereocenters. The molecule has 0 aliphatic heterocycles. The van der Waals surface area contributed by atoms with Crippen molar-refractivity contribution in [3.05, 3.63) is 97.6 Å². The van der Waals surface area contributed by atoms with Gasteiger partial charge in [-0.1, -0.05) is 0 Å². The van der Waals surface area contributed by atoms with Crippen molar-refractivity contribution in [1.82, 2.24) is 19.9 Å². The van der Waals surface area contributed by atoms with Crippen LogP contribution in [-0.4, -0.2) is 60.6 Å². The van der Waals surface area contributed by atoms with Crippen molar-refractivity contribution in [2.75, 3.05) is 12.3 Å². The van der Waals surface area contributed by atoms with Crippen molar-refractivity contribution in [3.63, 3.8) is 0 Å². The van der Waals surface area contributed by atoms with Gasteiger partial charge in [-0.3, -0.25) is 0 Å². The van der Waals surface area contributed by atoms with E-state index in [-0.39, 0.29) is 20.6 Å². The van der Waals surface area contributed by atoms with Crippen molar-refractivity contribution in [2.24, 2.45) is 0 Å². The summed E-state index contributed by atoms with van der Waals surface area (Å²) >= 11 is -2.30. The van der Waals surface area contributed by atoms with E-state index in [1.807, 2.05) is 49.1 Å². The molecule has 0 N–H and O–H groups in total. The van der Waals surface area contributed by atoms with E-state index < -0.39 is 49.0 Å². The average Bonchev–Trinajstić information content (AvgIpc) is 3.03. The maximum absolute atomic E-state index is 8.58. The summed E-state index contributed by atoms with van der Waals surface area (Å²) < 4.78 is 0.677. The van der Waals surface area contributed by atoms with Crippen LogP contribution in [0.4, 0.5) is 0 Å². The Morgan fingerprint density at radius 1 is 0.460 bits per heavy atom. The van der Waals surface area contributed by atoms with Gasteiger partial charge in [0.05, 0.1) is 0 Å². The van der Waals surface area contributed by atoms with E-state index in [9.17, 15) is 0 Å². The minimum absolute atomic E-state index is 0.00954. The fourth-order valence-electron chi connectivity index (χ4n) is 6.00. The van der Waals surface area contributed by atoms with E-state index in [0.717, 1.165) is 12.3 Å². The summed E-state index contributed by atoms with van der Waals surface area (Å²) in [5, 5.41) is 0.147. The first-order valence-corrected chi connectivity index (χ1v) is 28.4. The Labute approximate surface area is 319 Å². The number of pyridine rings is 4. The molecule has 4 nitrogen and oxygen atoms in total. The van der Waals surface area contributed by atoms with Gasteiger partial charge in [-0.25, -0.2) is 0 Å². The van der Waals surface area contributed by atoms with E-state index in [0.29, 0.717) is 7.75 Å². The fraction of sp³-hybridized carbons (Fsp3) is 0.500. The van der Waals surface area contributed by atoms with Gasteiger partial charge >= 0.3 is 321 Å². The number of halogens is 1. The van der Waals surface area contributed by atoms with Gasteiger partial charge in [-0.2, -0.15) is 0 Å². The number of nitrogens with zero attached hydrogens (tertiary/aromatic N) is 4. The number of rotatable bonds is 12. The molecule has 276 valence electrons. The summed E-state index contributed by atoms with van der Waals surface area (Å²) in [6.07, 6.45) is 10.0. The molecule has 4 aromatic heterocycles. The molecule has 0 bridgehead atoms. The molecule has 4 aromatic rings. The third-order valence-corrected chi connectivity index (χ3v) is 36.2. The van der Waals surface area contributed by atoms with Crippen molar-refractivity contribution >= 4 is 62.6 Å². The first-order chi connectivity index (χ1) is 23.3. The summed E-state index contributed by atoms with van der Waals surface area (Å²) in [5.74, 6) is 0. The maximum atomic E-state index is 8.58. The molecule has 10 heteroatoms. The molecule has 0 saturated carbocycles. The number of hydrogen-bond donors (Lipinski definition) is 0. The summed E-state index contributed by atoms with van der Waals surface area (Å²) in [6.45, 7) is 29.0. The molecule has 0 amide bonds. The van der Waals surface area contributed by atoms with Crippen LogP contribution in [0.25, 0.3) is 0 Å². The second-order valence-electron chi connectivity index (χ2n) is 16.4. The Kier molecular flexibility index (Phi) is 14.9. The zero-order valence-electron chi connectivity index (χ0n) is 32.1. The normalized spacial score (nSPS) is 16.9. The van der Waals surface area contributed by atoms with E-state index in [1.54, 1.807) is 0 Å². The van der Waals surface area contributed by atoms with Gasteiger partial charge in [0.1, 0.15) is 0 Å². The number of hydrogen-bond acceptors (Lipinski definition) is 4. The van der Waals surface area contributed by atoms with Gasteiger partial charge in [0.2, 0.25) is 0 Å². The molecule has 0 aliphatic carbocycles.